The van der Waals surface area contributed by atoms with E-state index >= 15 is 0 Å². The van der Waals surface area contributed by atoms with Crippen molar-refractivity contribution in [3.63, 3.8) is 0 Å². The fourth-order valence-electron chi connectivity index (χ4n) is 2.82. The van der Waals surface area contributed by atoms with Gasteiger partial charge in [0.2, 0.25) is 5.90 Å². The van der Waals surface area contributed by atoms with Crippen LogP contribution in [0.25, 0.3) is 11.1 Å². The molecule has 6 nitrogen and oxygen atoms in total. The molecule has 2 N–H and O–H groups in total. The Bertz CT molecular complexity index is 977. The molecule has 1 aromatic carbocycles. The van der Waals surface area contributed by atoms with Gasteiger partial charge < -0.3 is 14.8 Å². The van der Waals surface area contributed by atoms with Crippen LogP contribution in [0.4, 0.5) is 13.2 Å². The molecule has 0 bridgehead atoms. The Balaban J connectivity index is 2.39. The van der Waals surface area contributed by atoms with Crippen molar-refractivity contribution in [3.05, 3.63) is 57.0 Å². The van der Waals surface area contributed by atoms with Crippen molar-refractivity contribution in [2.75, 3.05) is 13.2 Å². The van der Waals surface area contributed by atoms with Gasteiger partial charge in [-0.3, -0.25) is 4.79 Å². The molecular formula is C17H13F3N2O4. The van der Waals surface area contributed by atoms with E-state index in [1.165, 1.54) is 13.0 Å². The zero-order chi connectivity index (χ0) is 19.1. The third kappa shape index (κ3) is 3.07. The number of aromatic carboxylic acids is 1. The number of H-pyrrole nitrogens is 1. The molecule has 1 aliphatic heterocycles. The van der Waals surface area contributed by atoms with Gasteiger partial charge in [-0.25, -0.2) is 9.79 Å². The van der Waals surface area contributed by atoms with E-state index < -0.39 is 28.8 Å². The van der Waals surface area contributed by atoms with Crippen molar-refractivity contribution in [1.82, 2.24) is 4.98 Å². The first-order valence-corrected chi connectivity index (χ1v) is 7.55. The molecule has 1 aliphatic rings. The highest BCUT2D eigenvalue weighted by atomic mass is 19.4. The van der Waals surface area contributed by atoms with Gasteiger partial charge in [-0.1, -0.05) is 12.1 Å². The molecule has 0 spiro atoms. The number of ether oxygens (including phenoxy) is 1. The summed E-state index contributed by atoms with van der Waals surface area (Å²) in [5.41, 5.74) is -2.31. The summed E-state index contributed by atoms with van der Waals surface area (Å²) in [4.78, 5) is 30.4. The number of halogens is 3. The molecule has 2 heterocycles. The van der Waals surface area contributed by atoms with Gasteiger partial charge in [0, 0.05) is 11.3 Å². The van der Waals surface area contributed by atoms with Crippen molar-refractivity contribution in [2.45, 2.75) is 13.1 Å². The molecule has 2 aromatic rings. The summed E-state index contributed by atoms with van der Waals surface area (Å²) in [6.07, 6.45) is -4.61. The predicted molar refractivity (Wildman–Crippen MR) is 86.6 cm³/mol. The van der Waals surface area contributed by atoms with Crippen molar-refractivity contribution in [1.29, 1.82) is 0 Å². The molecule has 0 fully saturated rings. The van der Waals surface area contributed by atoms with Crippen LogP contribution < -0.4 is 5.56 Å². The average Bonchev–Trinajstić information content (AvgIpc) is 3.07. The van der Waals surface area contributed by atoms with E-state index in [1.807, 2.05) is 0 Å². The largest absolute Gasteiger partial charge is 0.477 e. The summed E-state index contributed by atoms with van der Waals surface area (Å²) < 4.78 is 44.6. The van der Waals surface area contributed by atoms with Gasteiger partial charge in [0.05, 0.1) is 17.7 Å². The maximum atomic E-state index is 13.1. The Morgan fingerprint density at radius 1 is 1.31 bits per heavy atom. The minimum Gasteiger partial charge on any atom is -0.477 e. The lowest BCUT2D eigenvalue weighted by atomic mass is 9.93. The molecular weight excluding hydrogens is 353 g/mol. The van der Waals surface area contributed by atoms with Crippen LogP contribution in [0, 0.1) is 6.92 Å². The number of aliphatic imine (C=N–C) groups is 1. The number of aromatic nitrogens is 1. The van der Waals surface area contributed by atoms with E-state index in [2.05, 4.69) is 9.98 Å². The van der Waals surface area contributed by atoms with Crippen molar-refractivity contribution < 1.29 is 27.8 Å². The highest BCUT2D eigenvalue weighted by Gasteiger charge is 2.32. The maximum absolute atomic E-state index is 13.1. The zero-order valence-corrected chi connectivity index (χ0v) is 13.5. The molecule has 3 rings (SSSR count). The summed E-state index contributed by atoms with van der Waals surface area (Å²) in [5, 5.41) is 9.47. The van der Waals surface area contributed by atoms with Gasteiger partial charge in [-0.15, -0.1) is 0 Å². The molecule has 9 heteroatoms. The molecule has 0 saturated carbocycles. The lowest BCUT2D eigenvalue weighted by Gasteiger charge is -2.16. The van der Waals surface area contributed by atoms with Crippen molar-refractivity contribution in [2.24, 2.45) is 4.99 Å². The van der Waals surface area contributed by atoms with E-state index in [0.29, 0.717) is 6.54 Å². The van der Waals surface area contributed by atoms with Gasteiger partial charge in [0.1, 0.15) is 12.2 Å². The first-order valence-electron chi connectivity index (χ1n) is 7.55. The van der Waals surface area contributed by atoms with Crippen LogP contribution in [-0.2, 0) is 10.9 Å². The second-order valence-corrected chi connectivity index (χ2v) is 5.62. The normalized spacial score (nSPS) is 14.1. The van der Waals surface area contributed by atoms with E-state index in [0.717, 1.165) is 18.2 Å². The van der Waals surface area contributed by atoms with E-state index in [4.69, 9.17) is 4.74 Å². The van der Waals surface area contributed by atoms with E-state index in [1.54, 1.807) is 0 Å². The number of nitrogens with one attached hydrogen (secondary N) is 1. The highest BCUT2D eigenvalue weighted by molar-refractivity contribution is 6.08. The first kappa shape index (κ1) is 17.7. The topological polar surface area (TPSA) is 91.8 Å². The Kier molecular flexibility index (Phi) is 4.31. The summed E-state index contributed by atoms with van der Waals surface area (Å²) >= 11 is 0. The number of alkyl halides is 3. The number of pyridine rings is 1. The van der Waals surface area contributed by atoms with Crippen LogP contribution >= 0.6 is 0 Å². The van der Waals surface area contributed by atoms with Crippen LogP contribution in [0.2, 0.25) is 0 Å². The van der Waals surface area contributed by atoms with E-state index in [9.17, 15) is 27.9 Å². The number of hydrogen-bond acceptors (Lipinski definition) is 4. The summed E-state index contributed by atoms with van der Waals surface area (Å²) in [6.45, 7) is 2.10. The zero-order valence-electron chi connectivity index (χ0n) is 13.5. The second kappa shape index (κ2) is 6.32. The number of nitrogens with zero attached hydrogens (tertiary/aromatic N) is 1. The highest BCUT2D eigenvalue weighted by Crippen LogP contribution is 2.35. The maximum Gasteiger partial charge on any atom is 0.416 e. The number of carbonyl (C=O) groups is 1. The fraction of sp³-hybridized carbons (Fsp3) is 0.235. The molecule has 0 radical (unpaired) electrons. The lowest BCUT2D eigenvalue weighted by Crippen LogP contribution is -2.24. The Morgan fingerprint density at radius 2 is 2.04 bits per heavy atom. The van der Waals surface area contributed by atoms with E-state index in [-0.39, 0.29) is 34.9 Å². The quantitative estimate of drug-likeness (QED) is 0.874. The molecule has 0 saturated heterocycles. The minimum absolute atomic E-state index is 0.0559. The summed E-state index contributed by atoms with van der Waals surface area (Å²) in [5.74, 6) is -1.47. The number of rotatable bonds is 3. The monoisotopic (exact) mass is 366 g/mol. The van der Waals surface area contributed by atoms with Crippen LogP contribution in [-0.4, -0.2) is 35.1 Å². The molecule has 0 unspecified atom stereocenters. The second-order valence-electron chi connectivity index (χ2n) is 5.62. The van der Waals surface area contributed by atoms with Crippen LogP contribution in [0.3, 0.4) is 0 Å². The Morgan fingerprint density at radius 3 is 2.62 bits per heavy atom. The summed E-state index contributed by atoms with van der Waals surface area (Å²) in [6, 6.07) is 4.14. The SMILES string of the molecule is Cc1[nH]c(=O)c(C(=O)O)c(-c2cccc(C(F)(F)F)c2)c1C1=NCCO1. The van der Waals surface area contributed by atoms with Crippen molar-refractivity contribution in [3.8, 4) is 11.1 Å². The summed E-state index contributed by atoms with van der Waals surface area (Å²) in [7, 11) is 0. The lowest BCUT2D eigenvalue weighted by molar-refractivity contribution is -0.137. The third-order valence-electron chi connectivity index (χ3n) is 3.89. The molecule has 0 aliphatic carbocycles. The molecule has 0 amide bonds. The van der Waals surface area contributed by atoms with Gasteiger partial charge in [-0.05, 0) is 24.6 Å². The average molecular weight is 366 g/mol. The van der Waals surface area contributed by atoms with Gasteiger partial charge >= 0.3 is 12.1 Å². The Labute approximate surface area is 145 Å². The number of aromatic amines is 1. The molecule has 0 atom stereocenters. The number of aryl methyl sites for hydroxylation is 1. The number of carboxylic acid groups (broad SMARTS) is 1. The Hall–Kier alpha value is -3.10. The molecule has 26 heavy (non-hydrogen) atoms. The smallest absolute Gasteiger partial charge is 0.416 e. The standard InChI is InChI=1S/C17H13F3N2O4/c1-8-11(15-21-5-6-26-15)12(13(16(24)25)14(23)22-8)9-3-2-4-10(7-9)17(18,19)20/h2-4,7H,5-6H2,1H3,(H,22,23)(H,24,25). The van der Waals surface area contributed by atoms with Crippen molar-refractivity contribution >= 4 is 11.9 Å². The molecule has 136 valence electrons. The number of carboxylic acids is 1. The van der Waals surface area contributed by atoms with Crippen LogP contribution in [0.1, 0.15) is 27.2 Å². The predicted octanol–water partition coefficient (Wildman–Crippen LogP) is 2.84. The molecule has 1 aromatic heterocycles. The minimum atomic E-state index is -4.61. The number of benzene rings is 1. The first-order chi connectivity index (χ1) is 12.2. The fourth-order valence-corrected chi connectivity index (χ4v) is 2.82. The van der Waals surface area contributed by atoms with Gasteiger partial charge in [0.25, 0.3) is 5.56 Å². The van der Waals surface area contributed by atoms with Gasteiger partial charge in [0.15, 0.2) is 0 Å². The third-order valence-corrected chi connectivity index (χ3v) is 3.89. The number of hydrogen-bond donors (Lipinski definition) is 2. The van der Waals surface area contributed by atoms with Crippen LogP contribution in [0.15, 0.2) is 34.1 Å². The van der Waals surface area contributed by atoms with Gasteiger partial charge in [-0.2, -0.15) is 13.2 Å². The van der Waals surface area contributed by atoms with Crippen LogP contribution in [0.5, 0.6) is 0 Å².